The summed E-state index contributed by atoms with van der Waals surface area (Å²) in [6.07, 6.45) is 30.4. The first kappa shape index (κ1) is 81.0. The third kappa shape index (κ3) is 33.8. The highest BCUT2D eigenvalue weighted by atomic mass is 16.8. The van der Waals surface area contributed by atoms with E-state index in [0.717, 1.165) is 51.4 Å². The zero-order valence-corrected chi connectivity index (χ0v) is 55.2. The first-order chi connectivity index (χ1) is 42.8. The number of nitrogens with one attached hydrogen (secondary N) is 1. The maximum absolute atomic E-state index is 13.3. The third-order valence-corrected chi connectivity index (χ3v) is 18.7. The fourth-order valence-electron chi connectivity index (χ4n) is 12.8. The van der Waals surface area contributed by atoms with Crippen LogP contribution in [0.3, 0.4) is 0 Å². The first-order valence-corrected chi connectivity index (χ1v) is 36.3. The van der Waals surface area contributed by atoms with Crippen LogP contribution in [0.15, 0.2) is 0 Å². The molecule has 3 heterocycles. The lowest BCUT2D eigenvalue weighted by Gasteiger charge is -2.48. The molecule has 19 nitrogen and oxygen atoms in total. The highest BCUT2D eigenvalue weighted by Crippen LogP contribution is 2.33. The number of hydrogen-bond donors (Lipinski definition) is 12. The molecule has 0 aromatic rings. The molecular formula is C69H133NO18. The van der Waals surface area contributed by atoms with Gasteiger partial charge in [0.2, 0.25) is 5.91 Å². The quantitative estimate of drug-likeness (QED) is 0.0252. The monoisotopic (exact) mass is 1260 g/mol. The summed E-state index contributed by atoms with van der Waals surface area (Å²) in [5.74, 6) is -0.243. The SMILES string of the molecule is CCCCCCCCCCCCCCCCCCCCCCCCCCCCCCCCCCCCCCCCC(=O)NC(COC1OC(CO)C(OC2OC(CO)C(OC3OC(CO)C(O)C(O)C3O)C(O)C2O)C(O)C1O)C(O)CCCCCCC. The molecule has 1 amide bonds. The van der Waals surface area contributed by atoms with Crippen molar-refractivity contribution < 1.29 is 89.4 Å². The van der Waals surface area contributed by atoms with Gasteiger partial charge in [-0.25, -0.2) is 0 Å². The maximum atomic E-state index is 13.3. The summed E-state index contributed by atoms with van der Waals surface area (Å²) < 4.78 is 34.2. The van der Waals surface area contributed by atoms with Crippen LogP contribution in [0.25, 0.3) is 0 Å². The standard InChI is InChI=1S/C69H133NO18/c1-3-5-7-9-10-11-12-13-14-15-16-17-18-19-20-21-22-23-24-25-26-27-28-29-30-31-32-33-34-35-36-37-38-39-40-41-43-45-47-57(75)70-52(53(74)46-44-42-8-6-4-2)51-83-67-63(81)60(78)65(55(49-72)85-67)88-69-64(82)61(79)66(56(50-73)86-69)87-68-62(80)59(77)58(76)54(48-71)84-68/h52-56,58-69,71-74,76-82H,3-51H2,1-2H3,(H,70,75). The minimum absolute atomic E-state index is 0.243. The average Bonchev–Trinajstić information content (AvgIpc) is 2.16. The van der Waals surface area contributed by atoms with Gasteiger partial charge >= 0.3 is 0 Å². The smallest absolute Gasteiger partial charge is 0.220 e. The van der Waals surface area contributed by atoms with Crippen LogP contribution in [0.5, 0.6) is 0 Å². The van der Waals surface area contributed by atoms with Crippen LogP contribution in [-0.2, 0) is 33.2 Å². The van der Waals surface area contributed by atoms with E-state index in [4.69, 9.17) is 28.4 Å². The van der Waals surface area contributed by atoms with Gasteiger partial charge < -0.3 is 89.9 Å². The predicted molar refractivity (Wildman–Crippen MR) is 342 cm³/mol. The van der Waals surface area contributed by atoms with Gasteiger partial charge in [-0.3, -0.25) is 4.79 Å². The van der Waals surface area contributed by atoms with Crippen molar-refractivity contribution in [3.63, 3.8) is 0 Å². The van der Waals surface area contributed by atoms with E-state index < -0.39 is 124 Å². The van der Waals surface area contributed by atoms with Crippen molar-refractivity contribution in [2.45, 2.75) is 407 Å². The lowest BCUT2D eigenvalue weighted by Crippen LogP contribution is -2.66. The van der Waals surface area contributed by atoms with Gasteiger partial charge in [-0.1, -0.05) is 284 Å². The molecule has 3 fully saturated rings. The van der Waals surface area contributed by atoms with Crippen molar-refractivity contribution >= 4 is 5.91 Å². The number of ether oxygens (including phenoxy) is 6. The molecule has 0 radical (unpaired) electrons. The molecule has 522 valence electrons. The van der Waals surface area contributed by atoms with Crippen molar-refractivity contribution in [2.75, 3.05) is 26.4 Å². The number of amides is 1. The first-order valence-electron chi connectivity index (χ1n) is 36.3. The highest BCUT2D eigenvalue weighted by molar-refractivity contribution is 5.76. The molecule has 3 rings (SSSR count). The number of hydrogen-bond acceptors (Lipinski definition) is 18. The Kier molecular flexibility index (Phi) is 48.0. The minimum atomic E-state index is -1.97. The van der Waals surface area contributed by atoms with E-state index in [0.29, 0.717) is 12.8 Å². The van der Waals surface area contributed by atoms with Crippen LogP contribution in [0.4, 0.5) is 0 Å². The van der Waals surface area contributed by atoms with Gasteiger partial charge in [-0.15, -0.1) is 0 Å². The summed E-state index contributed by atoms with van der Waals surface area (Å²) in [5.41, 5.74) is 0. The fourth-order valence-corrected chi connectivity index (χ4v) is 12.8. The molecule has 3 saturated heterocycles. The fraction of sp³-hybridized carbons (Fsp3) is 0.986. The van der Waals surface area contributed by atoms with Crippen molar-refractivity contribution in [3.8, 4) is 0 Å². The Morgan fingerprint density at radius 3 is 0.989 bits per heavy atom. The average molecular weight is 1260 g/mol. The van der Waals surface area contributed by atoms with E-state index in [1.165, 1.54) is 218 Å². The molecule has 0 aromatic heterocycles. The van der Waals surface area contributed by atoms with Crippen LogP contribution >= 0.6 is 0 Å². The third-order valence-electron chi connectivity index (χ3n) is 18.7. The number of aliphatic hydroxyl groups is 11. The van der Waals surface area contributed by atoms with Crippen LogP contribution in [0.1, 0.15) is 303 Å². The van der Waals surface area contributed by atoms with Crippen molar-refractivity contribution in [3.05, 3.63) is 0 Å². The molecule has 3 aliphatic heterocycles. The molecule has 88 heavy (non-hydrogen) atoms. The van der Waals surface area contributed by atoms with Gasteiger partial charge in [0.1, 0.15) is 73.2 Å². The summed E-state index contributed by atoms with van der Waals surface area (Å²) in [6.45, 7) is 1.72. The van der Waals surface area contributed by atoms with Gasteiger partial charge in [-0.2, -0.15) is 0 Å². The van der Waals surface area contributed by atoms with Crippen LogP contribution in [-0.4, -0.2) is 193 Å². The topological polar surface area (TPSA) is 307 Å². The number of rotatable bonds is 57. The maximum Gasteiger partial charge on any atom is 0.220 e. The van der Waals surface area contributed by atoms with Crippen molar-refractivity contribution in [1.82, 2.24) is 5.32 Å². The van der Waals surface area contributed by atoms with E-state index in [1.54, 1.807) is 0 Å². The second-order valence-corrected chi connectivity index (χ2v) is 26.4. The molecule has 0 aromatic carbocycles. The zero-order chi connectivity index (χ0) is 64.0. The summed E-state index contributed by atoms with van der Waals surface area (Å²) in [6, 6.07) is -0.878. The summed E-state index contributed by atoms with van der Waals surface area (Å²) in [7, 11) is 0. The molecule has 17 atom stereocenters. The Bertz CT molecular complexity index is 1600. The molecule has 0 saturated carbocycles. The van der Waals surface area contributed by atoms with E-state index >= 15 is 0 Å². The highest BCUT2D eigenvalue weighted by Gasteiger charge is 2.53. The van der Waals surface area contributed by atoms with Gasteiger partial charge in [0.25, 0.3) is 0 Å². The molecular weight excluding hydrogens is 1130 g/mol. The molecule has 0 bridgehead atoms. The van der Waals surface area contributed by atoms with E-state index in [1.807, 2.05) is 0 Å². The summed E-state index contributed by atoms with van der Waals surface area (Å²) in [5, 5.41) is 120. The Morgan fingerprint density at radius 1 is 0.364 bits per heavy atom. The molecule has 19 heteroatoms. The lowest BCUT2D eigenvalue weighted by atomic mass is 9.96. The minimum Gasteiger partial charge on any atom is -0.394 e. The molecule has 0 aliphatic carbocycles. The van der Waals surface area contributed by atoms with Crippen molar-refractivity contribution in [2.24, 2.45) is 0 Å². The number of unbranched alkanes of at least 4 members (excludes halogenated alkanes) is 41. The Hall–Kier alpha value is -1.21. The van der Waals surface area contributed by atoms with Gasteiger partial charge in [0.05, 0.1) is 38.6 Å². The van der Waals surface area contributed by atoms with E-state index in [2.05, 4.69) is 19.2 Å². The number of carbonyl (C=O) groups is 1. The van der Waals surface area contributed by atoms with Gasteiger partial charge in [0.15, 0.2) is 18.9 Å². The molecule has 3 aliphatic rings. The molecule has 17 unspecified atom stereocenters. The Labute approximate surface area is 532 Å². The van der Waals surface area contributed by atoms with Gasteiger partial charge in [-0.05, 0) is 12.8 Å². The number of carbonyl (C=O) groups excluding carboxylic acids is 1. The summed E-state index contributed by atoms with van der Waals surface area (Å²) >= 11 is 0. The lowest BCUT2D eigenvalue weighted by molar-refractivity contribution is -0.379. The second-order valence-electron chi connectivity index (χ2n) is 26.4. The Morgan fingerprint density at radius 2 is 0.648 bits per heavy atom. The van der Waals surface area contributed by atoms with E-state index in [9.17, 15) is 61.0 Å². The van der Waals surface area contributed by atoms with Crippen LogP contribution < -0.4 is 5.32 Å². The number of aliphatic hydroxyl groups excluding tert-OH is 11. The van der Waals surface area contributed by atoms with E-state index in [-0.39, 0.29) is 18.9 Å². The largest absolute Gasteiger partial charge is 0.394 e. The Balaban J connectivity index is 1.21. The van der Waals surface area contributed by atoms with Crippen LogP contribution in [0, 0.1) is 0 Å². The zero-order valence-electron chi connectivity index (χ0n) is 55.2. The second kappa shape index (κ2) is 52.1. The summed E-state index contributed by atoms with van der Waals surface area (Å²) in [4.78, 5) is 13.3. The molecule has 12 N–H and O–H groups in total. The van der Waals surface area contributed by atoms with Crippen molar-refractivity contribution in [1.29, 1.82) is 0 Å². The normalized spacial score (nSPS) is 28.3. The van der Waals surface area contributed by atoms with Crippen LogP contribution in [0.2, 0.25) is 0 Å². The molecule has 0 spiro atoms. The van der Waals surface area contributed by atoms with Gasteiger partial charge in [0, 0.05) is 6.42 Å². The predicted octanol–water partition coefficient (Wildman–Crippen LogP) is 9.89.